The SMILES string of the molecule is CC(=O)C(C)n1cc(Nc2ncc3ccn(CC4CCC(O)CC4)c3n2)cn1. The Bertz CT molecular complexity index is 970. The van der Waals surface area contributed by atoms with Crippen molar-refractivity contribution in [2.75, 3.05) is 5.32 Å². The van der Waals surface area contributed by atoms with Gasteiger partial charge in [0.1, 0.15) is 11.7 Å². The molecule has 1 fully saturated rings. The Morgan fingerprint density at radius 2 is 2.11 bits per heavy atom. The van der Waals surface area contributed by atoms with E-state index in [1.165, 1.54) is 0 Å². The molecule has 8 nitrogen and oxygen atoms in total. The molecule has 148 valence electrons. The molecule has 0 aromatic carbocycles. The van der Waals surface area contributed by atoms with Gasteiger partial charge in [-0.25, -0.2) is 4.98 Å². The maximum absolute atomic E-state index is 11.5. The number of hydrogen-bond acceptors (Lipinski definition) is 6. The highest BCUT2D eigenvalue weighted by Gasteiger charge is 2.20. The third-order valence-corrected chi connectivity index (χ3v) is 5.62. The molecule has 0 saturated heterocycles. The van der Waals surface area contributed by atoms with E-state index < -0.39 is 0 Å². The Morgan fingerprint density at radius 1 is 1.32 bits per heavy atom. The van der Waals surface area contributed by atoms with E-state index >= 15 is 0 Å². The fourth-order valence-electron chi connectivity index (χ4n) is 3.71. The van der Waals surface area contributed by atoms with Crippen LogP contribution in [0.2, 0.25) is 0 Å². The minimum atomic E-state index is -0.301. The minimum Gasteiger partial charge on any atom is -0.393 e. The standard InChI is InChI=1S/C20H26N6O2/c1-13(14(2)27)26-12-17(10-22-26)23-20-21-9-16-7-8-25(19(16)24-20)11-15-3-5-18(28)6-4-15/h7-10,12-13,15,18,28H,3-6,11H2,1-2H3,(H,21,23,24). The summed E-state index contributed by atoms with van der Waals surface area (Å²) in [4.78, 5) is 20.6. The molecular formula is C20H26N6O2. The number of aliphatic hydroxyl groups is 1. The van der Waals surface area contributed by atoms with Crippen LogP contribution in [0.25, 0.3) is 11.0 Å². The first-order chi connectivity index (χ1) is 13.5. The molecule has 1 atom stereocenters. The summed E-state index contributed by atoms with van der Waals surface area (Å²) in [5.74, 6) is 1.12. The topological polar surface area (TPSA) is 97.9 Å². The first-order valence-corrected chi connectivity index (χ1v) is 9.81. The van der Waals surface area contributed by atoms with Crippen LogP contribution >= 0.6 is 0 Å². The van der Waals surface area contributed by atoms with Crippen LogP contribution in [0.15, 0.2) is 30.9 Å². The summed E-state index contributed by atoms with van der Waals surface area (Å²) in [6.07, 6.45) is 11.0. The highest BCUT2D eigenvalue weighted by molar-refractivity contribution is 5.79. The normalized spacial score (nSPS) is 21.0. The second kappa shape index (κ2) is 7.71. The van der Waals surface area contributed by atoms with Crippen molar-refractivity contribution in [1.29, 1.82) is 0 Å². The van der Waals surface area contributed by atoms with Gasteiger partial charge < -0.3 is 15.0 Å². The van der Waals surface area contributed by atoms with Gasteiger partial charge in [0.25, 0.3) is 0 Å². The number of ketones is 1. The quantitative estimate of drug-likeness (QED) is 0.680. The van der Waals surface area contributed by atoms with Gasteiger partial charge in [-0.05, 0) is 51.5 Å². The molecule has 0 amide bonds. The van der Waals surface area contributed by atoms with Crippen molar-refractivity contribution in [1.82, 2.24) is 24.3 Å². The van der Waals surface area contributed by atoms with Crippen LogP contribution in [0.1, 0.15) is 45.6 Å². The van der Waals surface area contributed by atoms with Crippen molar-refractivity contribution >= 4 is 28.5 Å². The maximum atomic E-state index is 11.5. The Kier molecular flexibility index (Phi) is 5.13. The second-order valence-corrected chi connectivity index (χ2v) is 7.74. The molecule has 3 aromatic heterocycles. The number of hydrogen-bond donors (Lipinski definition) is 2. The van der Waals surface area contributed by atoms with E-state index in [0.717, 1.165) is 48.9 Å². The zero-order chi connectivity index (χ0) is 19.7. The van der Waals surface area contributed by atoms with Crippen LogP contribution in [-0.2, 0) is 11.3 Å². The lowest BCUT2D eigenvalue weighted by atomic mass is 9.87. The Labute approximate surface area is 163 Å². The molecule has 0 spiro atoms. The van der Waals surface area contributed by atoms with Gasteiger partial charge in [-0.2, -0.15) is 10.1 Å². The predicted octanol–water partition coefficient (Wildman–Crippen LogP) is 3.07. The summed E-state index contributed by atoms with van der Waals surface area (Å²) in [5.41, 5.74) is 1.64. The Morgan fingerprint density at radius 3 is 2.86 bits per heavy atom. The van der Waals surface area contributed by atoms with Gasteiger partial charge in [0.05, 0.1) is 18.0 Å². The van der Waals surface area contributed by atoms with E-state index in [1.54, 1.807) is 24.0 Å². The molecule has 1 aliphatic rings. The molecule has 28 heavy (non-hydrogen) atoms. The monoisotopic (exact) mass is 382 g/mol. The molecule has 3 aromatic rings. The average molecular weight is 382 g/mol. The molecule has 0 bridgehead atoms. The third-order valence-electron chi connectivity index (χ3n) is 5.62. The second-order valence-electron chi connectivity index (χ2n) is 7.74. The van der Waals surface area contributed by atoms with E-state index in [9.17, 15) is 9.90 Å². The van der Waals surface area contributed by atoms with Gasteiger partial charge in [0.2, 0.25) is 5.95 Å². The van der Waals surface area contributed by atoms with Crippen LogP contribution in [0.4, 0.5) is 11.6 Å². The molecule has 4 rings (SSSR count). The number of Topliss-reactive ketones (excluding diaryl/α,β-unsaturated/α-hetero) is 1. The van der Waals surface area contributed by atoms with E-state index in [2.05, 4.69) is 31.1 Å². The fourth-order valence-corrected chi connectivity index (χ4v) is 3.71. The largest absolute Gasteiger partial charge is 0.393 e. The van der Waals surface area contributed by atoms with Crippen molar-refractivity contribution in [3.63, 3.8) is 0 Å². The number of nitrogens with one attached hydrogen (secondary N) is 1. The summed E-state index contributed by atoms with van der Waals surface area (Å²) < 4.78 is 3.80. The lowest BCUT2D eigenvalue weighted by molar-refractivity contribution is -0.119. The zero-order valence-electron chi connectivity index (χ0n) is 16.2. The van der Waals surface area contributed by atoms with Crippen LogP contribution in [0.3, 0.4) is 0 Å². The van der Waals surface area contributed by atoms with Crippen molar-refractivity contribution in [2.45, 2.75) is 58.2 Å². The van der Waals surface area contributed by atoms with E-state index in [4.69, 9.17) is 0 Å². The van der Waals surface area contributed by atoms with Crippen molar-refractivity contribution in [2.24, 2.45) is 5.92 Å². The Hall–Kier alpha value is -2.74. The fraction of sp³-hybridized carbons (Fsp3) is 0.500. The van der Waals surface area contributed by atoms with Gasteiger partial charge in [-0.1, -0.05) is 0 Å². The van der Waals surface area contributed by atoms with Gasteiger partial charge in [-0.15, -0.1) is 0 Å². The molecule has 0 aliphatic heterocycles. The number of aliphatic hydroxyl groups excluding tert-OH is 1. The van der Waals surface area contributed by atoms with Gasteiger partial charge in [-0.3, -0.25) is 9.48 Å². The van der Waals surface area contributed by atoms with Crippen LogP contribution in [0, 0.1) is 5.92 Å². The summed E-state index contributed by atoms with van der Waals surface area (Å²) in [5, 5.41) is 18.1. The molecular weight excluding hydrogens is 356 g/mol. The molecule has 1 saturated carbocycles. The lowest BCUT2D eigenvalue weighted by Gasteiger charge is -2.25. The third kappa shape index (κ3) is 3.91. The molecule has 1 unspecified atom stereocenters. The first-order valence-electron chi connectivity index (χ1n) is 9.81. The van der Waals surface area contributed by atoms with E-state index in [0.29, 0.717) is 11.9 Å². The highest BCUT2D eigenvalue weighted by Crippen LogP contribution is 2.27. The molecule has 3 heterocycles. The predicted molar refractivity (Wildman–Crippen MR) is 106 cm³/mol. The summed E-state index contributed by atoms with van der Waals surface area (Å²) >= 11 is 0. The summed E-state index contributed by atoms with van der Waals surface area (Å²) in [7, 11) is 0. The maximum Gasteiger partial charge on any atom is 0.229 e. The summed E-state index contributed by atoms with van der Waals surface area (Å²) in [6, 6.07) is 1.73. The van der Waals surface area contributed by atoms with Crippen LogP contribution in [0.5, 0.6) is 0 Å². The van der Waals surface area contributed by atoms with E-state index in [-0.39, 0.29) is 17.9 Å². The Balaban J connectivity index is 1.50. The first kappa shape index (κ1) is 18.6. The van der Waals surface area contributed by atoms with Gasteiger partial charge in [0.15, 0.2) is 5.78 Å². The number of aromatic nitrogens is 5. The smallest absolute Gasteiger partial charge is 0.229 e. The number of carbonyl (C=O) groups is 1. The number of rotatable bonds is 6. The van der Waals surface area contributed by atoms with Crippen molar-refractivity contribution < 1.29 is 9.90 Å². The lowest BCUT2D eigenvalue weighted by Crippen LogP contribution is -2.21. The van der Waals surface area contributed by atoms with Crippen LogP contribution in [-0.4, -0.2) is 41.3 Å². The van der Waals surface area contributed by atoms with Crippen molar-refractivity contribution in [3.05, 3.63) is 30.9 Å². The van der Waals surface area contributed by atoms with Crippen LogP contribution < -0.4 is 5.32 Å². The van der Waals surface area contributed by atoms with E-state index in [1.807, 2.05) is 19.2 Å². The molecule has 0 radical (unpaired) electrons. The number of anilines is 2. The average Bonchev–Trinajstić information content (AvgIpc) is 3.30. The van der Waals surface area contributed by atoms with Gasteiger partial charge in [0, 0.05) is 30.5 Å². The highest BCUT2D eigenvalue weighted by atomic mass is 16.3. The molecule has 2 N–H and O–H groups in total. The molecule has 1 aliphatic carbocycles. The minimum absolute atomic E-state index is 0.0559. The zero-order valence-corrected chi connectivity index (χ0v) is 16.2. The summed E-state index contributed by atoms with van der Waals surface area (Å²) in [6.45, 7) is 4.28. The van der Waals surface area contributed by atoms with Gasteiger partial charge >= 0.3 is 0 Å². The van der Waals surface area contributed by atoms with Crippen molar-refractivity contribution in [3.8, 4) is 0 Å². The number of fused-ring (bicyclic) bond motifs is 1. The number of carbonyl (C=O) groups excluding carboxylic acids is 1. The number of nitrogens with zero attached hydrogens (tertiary/aromatic N) is 5. The molecule has 8 heteroatoms.